The first-order valence-corrected chi connectivity index (χ1v) is 7.99. The fourth-order valence-corrected chi connectivity index (χ4v) is 1.95. The summed E-state index contributed by atoms with van der Waals surface area (Å²) in [5, 5.41) is 3.15. The van der Waals surface area contributed by atoms with Crippen LogP contribution in [0.15, 0.2) is 29.3 Å². The van der Waals surface area contributed by atoms with Crippen LogP contribution in [0.25, 0.3) is 0 Å². The number of hydrogen-bond acceptors (Lipinski definition) is 3. The molecule has 0 saturated carbocycles. The highest BCUT2D eigenvalue weighted by atomic mass is 127. The molecular formula is C17H27F2IN4O2. The number of primary amides is 1. The van der Waals surface area contributed by atoms with E-state index < -0.39 is 17.9 Å². The van der Waals surface area contributed by atoms with E-state index in [1.165, 1.54) is 12.1 Å². The van der Waals surface area contributed by atoms with Gasteiger partial charge < -0.3 is 20.7 Å². The van der Waals surface area contributed by atoms with Crippen molar-refractivity contribution >= 4 is 35.8 Å². The van der Waals surface area contributed by atoms with Gasteiger partial charge in [0.2, 0.25) is 5.91 Å². The average molecular weight is 484 g/mol. The molecule has 0 saturated heterocycles. The van der Waals surface area contributed by atoms with Crippen molar-refractivity contribution in [3.63, 3.8) is 0 Å². The number of carbonyl (C=O) groups excluding carboxylic acids is 1. The largest absolute Gasteiger partial charge is 0.435 e. The number of nitrogens with zero attached hydrogens (tertiary/aromatic N) is 2. The topological polar surface area (TPSA) is 79.9 Å². The fraction of sp³-hybridized carbons (Fsp3) is 0.529. The molecule has 6 nitrogen and oxygen atoms in total. The van der Waals surface area contributed by atoms with Gasteiger partial charge in [-0.1, -0.05) is 12.1 Å². The molecule has 148 valence electrons. The predicted molar refractivity (Wildman–Crippen MR) is 109 cm³/mol. The van der Waals surface area contributed by atoms with Gasteiger partial charge in [-0.05, 0) is 38.5 Å². The quantitative estimate of drug-likeness (QED) is 0.338. The zero-order valence-corrected chi connectivity index (χ0v) is 17.8. The molecule has 0 bridgehead atoms. The van der Waals surface area contributed by atoms with E-state index in [4.69, 9.17) is 5.73 Å². The molecule has 0 heterocycles. The van der Waals surface area contributed by atoms with E-state index in [1.807, 2.05) is 18.9 Å². The molecule has 0 radical (unpaired) electrons. The Kier molecular flexibility index (Phi) is 10.4. The molecule has 3 N–H and O–H groups in total. The summed E-state index contributed by atoms with van der Waals surface area (Å²) in [5.74, 6) is 0.333. The summed E-state index contributed by atoms with van der Waals surface area (Å²) in [4.78, 5) is 17.8. The van der Waals surface area contributed by atoms with Gasteiger partial charge in [0.25, 0.3) is 0 Å². The number of rotatable bonds is 8. The molecular weight excluding hydrogens is 457 g/mol. The molecule has 0 unspecified atom stereocenters. The first kappa shape index (κ1) is 24.4. The van der Waals surface area contributed by atoms with Crippen LogP contribution in [-0.4, -0.2) is 43.5 Å². The van der Waals surface area contributed by atoms with Gasteiger partial charge in [0.05, 0.1) is 12.0 Å². The Morgan fingerprint density at radius 1 is 1.35 bits per heavy atom. The monoisotopic (exact) mass is 484 g/mol. The number of carbonyl (C=O) groups is 1. The minimum Gasteiger partial charge on any atom is -0.435 e. The molecule has 0 aliphatic rings. The van der Waals surface area contributed by atoms with Gasteiger partial charge in [-0.25, -0.2) is 0 Å². The maximum absolute atomic E-state index is 12.2. The Balaban J connectivity index is 0.00000625. The first-order chi connectivity index (χ1) is 11.7. The lowest BCUT2D eigenvalue weighted by molar-refractivity contribution is -0.125. The summed E-state index contributed by atoms with van der Waals surface area (Å²) in [7, 11) is 1.85. The van der Waals surface area contributed by atoms with Crippen molar-refractivity contribution in [2.75, 3.05) is 20.1 Å². The Morgan fingerprint density at radius 2 is 1.92 bits per heavy atom. The number of halogens is 3. The smallest absolute Gasteiger partial charge is 0.387 e. The van der Waals surface area contributed by atoms with Gasteiger partial charge in [-0.2, -0.15) is 8.78 Å². The molecule has 0 spiro atoms. The molecule has 26 heavy (non-hydrogen) atoms. The van der Waals surface area contributed by atoms with Gasteiger partial charge in [-0.15, -0.1) is 24.0 Å². The summed E-state index contributed by atoms with van der Waals surface area (Å²) in [6.07, 6.45) is 0. The van der Waals surface area contributed by atoms with Crippen molar-refractivity contribution in [1.29, 1.82) is 0 Å². The Bertz CT molecular complexity index is 595. The van der Waals surface area contributed by atoms with E-state index in [9.17, 15) is 13.6 Å². The van der Waals surface area contributed by atoms with Crippen LogP contribution in [-0.2, 0) is 11.3 Å². The SMILES string of the molecule is CCNC(=NCC(C)(C)C(N)=O)N(C)Cc1ccc(OC(F)F)cc1.I. The average Bonchev–Trinajstić information content (AvgIpc) is 2.52. The number of nitrogens with two attached hydrogens (primary N) is 1. The van der Waals surface area contributed by atoms with Crippen molar-refractivity contribution in [2.24, 2.45) is 16.1 Å². The molecule has 1 aromatic carbocycles. The van der Waals surface area contributed by atoms with Crippen molar-refractivity contribution in [3.05, 3.63) is 29.8 Å². The van der Waals surface area contributed by atoms with E-state index in [2.05, 4.69) is 15.0 Å². The van der Waals surface area contributed by atoms with Crippen molar-refractivity contribution in [3.8, 4) is 5.75 Å². The number of benzene rings is 1. The number of aliphatic imine (C=N–C) groups is 1. The van der Waals surface area contributed by atoms with Crippen molar-refractivity contribution in [2.45, 2.75) is 33.9 Å². The maximum atomic E-state index is 12.2. The zero-order chi connectivity index (χ0) is 19.0. The van der Waals surface area contributed by atoms with Gasteiger partial charge in [0, 0.05) is 20.1 Å². The van der Waals surface area contributed by atoms with Crippen LogP contribution in [0, 0.1) is 5.41 Å². The lowest BCUT2D eigenvalue weighted by atomic mass is 9.93. The molecule has 0 aliphatic heterocycles. The third kappa shape index (κ3) is 8.15. The van der Waals surface area contributed by atoms with Crippen LogP contribution in [0.1, 0.15) is 26.3 Å². The number of amides is 1. The summed E-state index contributed by atoms with van der Waals surface area (Å²) in [6, 6.07) is 6.42. The third-order valence-corrected chi connectivity index (χ3v) is 3.56. The Morgan fingerprint density at radius 3 is 2.38 bits per heavy atom. The van der Waals surface area contributed by atoms with E-state index >= 15 is 0 Å². The Hall–Kier alpha value is -1.65. The summed E-state index contributed by atoms with van der Waals surface area (Å²) in [5.41, 5.74) is 5.54. The maximum Gasteiger partial charge on any atom is 0.387 e. The predicted octanol–water partition coefficient (Wildman–Crippen LogP) is 2.81. The molecule has 1 amide bonds. The highest BCUT2D eigenvalue weighted by Gasteiger charge is 2.25. The zero-order valence-electron chi connectivity index (χ0n) is 15.5. The van der Waals surface area contributed by atoms with Gasteiger partial charge in [0.15, 0.2) is 5.96 Å². The lowest BCUT2D eigenvalue weighted by Crippen LogP contribution is -2.40. The molecule has 0 aliphatic carbocycles. The van der Waals surface area contributed by atoms with Crippen LogP contribution >= 0.6 is 24.0 Å². The number of ether oxygens (including phenoxy) is 1. The molecule has 0 fully saturated rings. The van der Waals surface area contributed by atoms with Gasteiger partial charge in [0.1, 0.15) is 5.75 Å². The standard InChI is InChI=1S/C17H26F2N4O2.HI/c1-5-21-16(22-11-17(2,3)14(20)24)23(4)10-12-6-8-13(9-7-12)25-15(18)19;/h6-9,15H,5,10-11H2,1-4H3,(H2,20,24)(H,21,22);1H. The van der Waals surface area contributed by atoms with E-state index in [0.717, 1.165) is 5.56 Å². The Labute approximate surface area is 170 Å². The normalized spacial score (nSPS) is 11.7. The van der Waals surface area contributed by atoms with E-state index in [0.29, 0.717) is 19.0 Å². The minimum absolute atomic E-state index is 0. The van der Waals surface area contributed by atoms with E-state index in [1.54, 1.807) is 26.0 Å². The van der Waals surface area contributed by atoms with Crippen molar-refractivity contribution in [1.82, 2.24) is 10.2 Å². The number of guanidine groups is 1. The van der Waals surface area contributed by atoms with Gasteiger partial charge >= 0.3 is 6.61 Å². The molecule has 1 aromatic rings. The highest BCUT2D eigenvalue weighted by molar-refractivity contribution is 14.0. The fourth-order valence-electron chi connectivity index (χ4n) is 1.95. The first-order valence-electron chi connectivity index (χ1n) is 7.99. The van der Waals surface area contributed by atoms with Crippen LogP contribution < -0.4 is 15.8 Å². The molecule has 9 heteroatoms. The minimum atomic E-state index is -2.84. The second kappa shape index (κ2) is 11.1. The summed E-state index contributed by atoms with van der Waals surface area (Å²) < 4.78 is 28.7. The van der Waals surface area contributed by atoms with Crippen LogP contribution in [0.3, 0.4) is 0 Å². The van der Waals surface area contributed by atoms with Crippen LogP contribution in [0.5, 0.6) is 5.75 Å². The molecule has 1 rings (SSSR count). The summed E-state index contributed by atoms with van der Waals surface area (Å²) >= 11 is 0. The van der Waals surface area contributed by atoms with Crippen LogP contribution in [0.4, 0.5) is 8.78 Å². The van der Waals surface area contributed by atoms with E-state index in [-0.39, 0.29) is 36.3 Å². The lowest BCUT2D eigenvalue weighted by Gasteiger charge is -2.24. The molecule has 0 aromatic heterocycles. The third-order valence-electron chi connectivity index (χ3n) is 3.56. The number of alkyl halides is 2. The number of nitrogens with one attached hydrogen (secondary N) is 1. The van der Waals surface area contributed by atoms with Crippen LogP contribution in [0.2, 0.25) is 0 Å². The summed E-state index contributed by atoms with van der Waals surface area (Å²) in [6.45, 7) is 4.03. The van der Waals surface area contributed by atoms with Crippen molar-refractivity contribution < 1.29 is 18.3 Å². The molecule has 0 atom stereocenters. The second-order valence-corrected chi connectivity index (χ2v) is 6.30. The highest BCUT2D eigenvalue weighted by Crippen LogP contribution is 2.17. The second-order valence-electron chi connectivity index (χ2n) is 6.30. The number of hydrogen-bond donors (Lipinski definition) is 2. The van der Waals surface area contributed by atoms with Gasteiger partial charge in [-0.3, -0.25) is 9.79 Å².